The van der Waals surface area contributed by atoms with Gasteiger partial charge in [0.25, 0.3) is 0 Å². The monoisotopic (exact) mass is 296 g/mol. The second kappa shape index (κ2) is 6.11. The van der Waals surface area contributed by atoms with Gasteiger partial charge in [0, 0.05) is 0 Å². The highest BCUT2D eigenvalue weighted by atomic mass is 16.6. The maximum Gasteiger partial charge on any atom is 0.321 e. The number of ether oxygens (including phenoxy) is 3. The van der Waals surface area contributed by atoms with Gasteiger partial charge < -0.3 is 18.7 Å². The van der Waals surface area contributed by atoms with E-state index in [0.717, 1.165) is 12.8 Å². The quantitative estimate of drug-likeness (QED) is 0.779. The third kappa shape index (κ3) is 2.67. The highest BCUT2D eigenvalue weighted by molar-refractivity contribution is 5.82. The fourth-order valence-corrected chi connectivity index (χ4v) is 2.95. The zero-order valence-electron chi connectivity index (χ0n) is 12.2. The Morgan fingerprint density at radius 3 is 2.86 bits per heavy atom. The number of hydrogen-bond acceptors (Lipinski definition) is 7. The van der Waals surface area contributed by atoms with Gasteiger partial charge in [-0.25, -0.2) is 0 Å². The van der Waals surface area contributed by atoms with Crippen molar-refractivity contribution in [3.63, 3.8) is 0 Å². The third-order valence-corrected chi connectivity index (χ3v) is 4.08. The van der Waals surface area contributed by atoms with Crippen LogP contribution in [-0.2, 0) is 24.4 Å². The van der Waals surface area contributed by atoms with Crippen LogP contribution in [0.4, 0.5) is 0 Å². The van der Waals surface area contributed by atoms with Crippen molar-refractivity contribution in [2.24, 2.45) is 0 Å². The Morgan fingerprint density at radius 2 is 2.19 bits per heavy atom. The second-order valence-corrected chi connectivity index (χ2v) is 5.40. The van der Waals surface area contributed by atoms with Gasteiger partial charge in [0.2, 0.25) is 11.7 Å². The van der Waals surface area contributed by atoms with Crippen LogP contribution in [0.2, 0.25) is 0 Å². The fourth-order valence-electron chi connectivity index (χ4n) is 2.95. The maximum absolute atomic E-state index is 12.3. The first kappa shape index (κ1) is 14.5. The van der Waals surface area contributed by atoms with Crippen molar-refractivity contribution < 1.29 is 23.5 Å². The van der Waals surface area contributed by atoms with Gasteiger partial charge in [0.05, 0.1) is 26.4 Å². The van der Waals surface area contributed by atoms with Crippen LogP contribution >= 0.6 is 0 Å². The average Bonchev–Trinajstić information content (AvgIpc) is 3.18. The first-order valence-electron chi connectivity index (χ1n) is 7.47. The molecule has 1 aliphatic carbocycles. The van der Waals surface area contributed by atoms with Crippen LogP contribution in [0.25, 0.3) is 0 Å². The molecular formula is C14H20N2O5. The Balaban J connectivity index is 1.83. The Morgan fingerprint density at radius 1 is 1.38 bits per heavy atom. The molecule has 21 heavy (non-hydrogen) atoms. The van der Waals surface area contributed by atoms with E-state index in [1.54, 1.807) is 6.92 Å². The van der Waals surface area contributed by atoms with E-state index in [-0.39, 0.29) is 12.1 Å². The molecule has 0 N–H and O–H groups in total. The predicted octanol–water partition coefficient (Wildman–Crippen LogP) is 1.53. The number of rotatable bonds is 4. The van der Waals surface area contributed by atoms with E-state index < -0.39 is 5.41 Å². The van der Waals surface area contributed by atoms with E-state index in [1.165, 1.54) is 0 Å². The smallest absolute Gasteiger partial charge is 0.321 e. The highest BCUT2D eigenvalue weighted by Crippen LogP contribution is 2.41. The molecule has 2 heterocycles. The molecule has 2 fully saturated rings. The van der Waals surface area contributed by atoms with E-state index in [4.69, 9.17) is 18.7 Å². The summed E-state index contributed by atoms with van der Waals surface area (Å²) in [7, 11) is 0. The van der Waals surface area contributed by atoms with Crippen molar-refractivity contribution in [3.05, 3.63) is 11.7 Å². The van der Waals surface area contributed by atoms with E-state index >= 15 is 0 Å². The summed E-state index contributed by atoms with van der Waals surface area (Å²) < 4.78 is 21.5. The molecule has 1 saturated heterocycles. The van der Waals surface area contributed by atoms with Gasteiger partial charge in [-0.1, -0.05) is 18.0 Å². The normalized spacial score (nSPS) is 24.9. The largest absolute Gasteiger partial charge is 0.465 e. The van der Waals surface area contributed by atoms with E-state index in [1.807, 2.05) is 0 Å². The van der Waals surface area contributed by atoms with Crippen LogP contribution in [0.1, 0.15) is 50.4 Å². The molecule has 1 aromatic heterocycles. The summed E-state index contributed by atoms with van der Waals surface area (Å²) in [4.78, 5) is 16.8. The minimum atomic E-state index is -0.781. The molecule has 1 aliphatic heterocycles. The molecule has 3 rings (SSSR count). The molecule has 0 bridgehead atoms. The van der Waals surface area contributed by atoms with Crippen LogP contribution in [0, 0.1) is 0 Å². The van der Waals surface area contributed by atoms with Crippen LogP contribution in [0.15, 0.2) is 4.52 Å². The van der Waals surface area contributed by atoms with Gasteiger partial charge in [-0.05, 0) is 19.8 Å². The molecule has 1 atom stereocenters. The summed E-state index contributed by atoms with van der Waals surface area (Å²) in [5, 5.41) is 3.97. The van der Waals surface area contributed by atoms with Crippen LogP contribution in [-0.4, -0.2) is 42.5 Å². The van der Waals surface area contributed by atoms with Crippen LogP contribution < -0.4 is 0 Å². The fraction of sp³-hybridized carbons (Fsp3) is 0.786. The summed E-state index contributed by atoms with van der Waals surface area (Å²) in [6, 6.07) is 0. The lowest BCUT2D eigenvalue weighted by Gasteiger charge is -2.22. The first-order valence-corrected chi connectivity index (χ1v) is 7.47. The van der Waals surface area contributed by atoms with E-state index in [0.29, 0.717) is 51.0 Å². The minimum absolute atomic E-state index is 0.265. The molecular weight excluding hydrogens is 276 g/mol. The number of nitrogens with zero attached hydrogens (tertiary/aromatic N) is 2. The second-order valence-electron chi connectivity index (χ2n) is 5.40. The number of carbonyl (C=O) groups is 1. The molecule has 1 aromatic rings. The molecule has 7 nitrogen and oxygen atoms in total. The Hall–Kier alpha value is -1.47. The summed E-state index contributed by atoms with van der Waals surface area (Å²) >= 11 is 0. The molecule has 2 aliphatic rings. The number of aromatic nitrogens is 2. The van der Waals surface area contributed by atoms with Crippen molar-refractivity contribution in [3.8, 4) is 0 Å². The Kier molecular flexibility index (Phi) is 4.21. The molecule has 116 valence electrons. The van der Waals surface area contributed by atoms with Crippen molar-refractivity contribution in [1.29, 1.82) is 0 Å². The number of hydrogen-bond donors (Lipinski definition) is 0. The van der Waals surface area contributed by atoms with E-state index in [9.17, 15) is 4.79 Å². The lowest BCUT2D eigenvalue weighted by atomic mass is 9.86. The zero-order valence-corrected chi connectivity index (χ0v) is 12.2. The minimum Gasteiger partial charge on any atom is -0.465 e. The lowest BCUT2D eigenvalue weighted by Crippen LogP contribution is -2.35. The van der Waals surface area contributed by atoms with E-state index in [2.05, 4.69) is 10.1 Å². The van der Waals surface area contributed by atoms with Gasteiger partial charge >= 0.3 is 5.97 Å². The van der Waals surface area contributed by atoms with Crippen molar-refractivity contribution >= 4 is 5.97 Å². The lowest BCUT2D eigenvalue weighted by molar-refractivity contribution is -0.151. The molecule has 0 radical (unpaired) electrons. The highest BCUT2D eigenvalue weighted by Gasteiger charge is 2.49. The molecule has 1 saturated carbocycles. The summed E-state index contributed by atoms with van der Waals surface area (Å²) in [5.74, 6) is 0.529. The van der Waals surface area contributed by atoms with Crippen LogP contribution in [0.3, 0.4) is 0 Å². The van der Waals surface area contributed by atoms with Gasteiger partial charge in [-0.3, -0.25) is 4.79 Å². The van der Waals surface area contributed by atoms with Gasteiger partial charge in [-0.15, -0.1) is 0 Å². The Labute approximate surface area is 122 Å². The van der Waals surface area contributed by atoms with Gasteiger partial charge in [0.1, 0.15) is 11.5 Å². The SMILES string of the molecule is CCOC(=O)C1(c2nc(C3COCCO3)no2)CCCC1. The maximum atomic E-state index is 12.3. The molecule has 1 unspecified atom stereocenters. The first-order chi connectivity index (χ1) is 10.3. The standard InChI is InChI=1S/C14H20N2O5/c1-2-19-13(17)14(5-3-4-6-14)12-15-11(16-21-12)10-9-18-7-8-20-10/h10H,2-9H2,1H3. The van der Waals surface area contributed by atoms with Crippen molar-refractivity contribution in [2.45, 2.75) is 44.1 Å². The molecule has 0 aromatic carbocycles. The zero-order chi connectivity index (χ0) is 14.7. The number of esters is 1. The third-order valence-electron chi connectivity index (χ3n) is 4.08. The predicted molar refractivity (Wildman–Crippen MR) is 70.6 cm³/mol. The van der Waals surface area contributed by atoms with Crippen molar-refractivity contribution in [2.75, 3.05) is 26.4 Å². The molecule has 0 spiro atoms. The van der Waals surface area contributed by atoms with Gasteiger partial charge in [0.15, 0.2) is 0 Å². The van der Waals surface area contributed by atoms with Crippen molar-refractivity contribution in [1.82, 2.24) is 10.1 Å². The Bertz CT molecular complexity index is 489. The van der Waals surface area contributed by atoms with Crippen LogP contribution in [0.5, 0.6) is 0 Å². The summed E-state index contributed by atoms with van der Waals surface area (Å²) in [5.41, 5.74) is -0.781. The summed E-state index contributed by atoms with van der Waals surface area (Å²) in [6.07, 6.45) is 2.97. The molecule has 0 amide bonds. The number of carbonyl (C=O) groups excluding carboxylic acids is 1. The topological polar surface area (TPSA) is 83.7 Å². The summed E-state index contributed by atoms with van der Waals surface area (Å²) in [6.45, 7) is 3.64. The van der Waals surface area contributed by atoms with Gasteiger partial charge in [-0.2, -0.15) is 4.98 Å². The molecule has 7 heteroatoms. The average molecular weight is 296 g/mol.